The largest absolute Gasteiger partial charge is 0.578 e. The van der Waals surface area contributed by atoms with Crippen LogP contribution in [0.2, 0.25) is 0 Å². The zero-order chi connectivity index (χ0) is 6.53. The molecule has 9 heavy (non-hydrogen) atoms. The molecule has 0 radical (unpaired) electrons. The molecule has 0 bridgehead atoms. The van der Waals surface area contributed by atoms with Crippen molar-refractivity contribution in [2.24, 2.45) is 0 Å². The fraction of sp³-hybridized carbons (Fsp3) is 0.125. The minimum Gasteiger partial charge on any atom is -0.578 e. The van der Waals surface area contributed by atoms with Crippen molar-refractivity contribution in [1.82, 2.24) is 0 Å². The first-order chi connectivity index (χ1) is 4.43. The quantitative estimate of drug-likeness (QED) is 0.416. The predicted octanol–water partition coefficient (Wildman–Crippen LogP) is 1.51. The third-order valence-corrected chi connectivity index (χ3v) is 1.14. The van der Waals surface area contributed by atoms with E-state index in [4.69, 9.17) is 0 Å². The van der Waals surface area contributed by atoms with E-state index >= 15 is 0 Å². The predicted molar refractivity (Wildman–Crippen MR) is 37.7 cm³/mol. The van der Waals surface area contributed by atoms with Crippen molar-refractivity contribution in [3.63, 3.8) is 0 Å². The van der Waals surface area contributed by atoms with Crippen molar-refractivity contribution in [1.29, 1.82) is 0 Å². The van der Waals surface area contributed by atoms with Crippen LogP contribution in [0.15, 0.2) is 30.3 Å². The van der Waals surface area contributed by atoms with E-state index in [-0.39, 0.29) is 0 Å². The normalized spacial score (nSPS) is 9.44. The van der Waals surface area contributed by atoms with E-state index in [9.17, 15) is 0 Å². The zero-order valence-corrected chi connectivity index (χ0v) is 5.25. The summed E-state index contributed by atoms with van der Waals surface area (Å²) in [5.74, 6) is 0. The molecule has 0 saturated carbocycles. The zero-order valence-electron chi connectivity index (χ0n) is 5.25. The summed E-state index contributed by atoms with van der Waals surface area (Å²) in [5.41, 5.74) is 1.22. The molecule has 1 aromatic carbocycles. The fourth-order valence-electron chi connectivity index (χ4n) is 0.713. The van der Waals surface area contributed by atoms with Gasteiger partial charge in [-0.15, -0.1) is 0 Å². The molecule has 0 saturated heterocycles. The Morgan fingerprint density at radius 1 is 1.22 bits per heavy atom. The first-order valence-electron chi connectivity index (χ1n) is 2.90. The molecule has 1 aromatic rings. The summed E-state index contributed by atoms with van der Waals surface area (Å²) in [6.45, 7) is 0.723. The number of hydrogen-bond donors (Lipinski definition) is 0. The standard InChI is InChI=1S/C8H10O/c1-9-7-8-5-3-2-4-6-8/h2-6,9H,1,7H2. The number of benzene rings is 1. The van der Waals surface area contributed by atoms with Gasteiger partial charge in [0, 0.05) is 5.56 Å². The highest BCUT2D eigenvalue weighted by molar-refractivity contribution is 5.13. The minimum atomic E-state index is 0.723. The Morgan fingerprint density at radius 2 is 1.89 bits per heavy atom. The fourth-order valence-corrected chi connectivity index (χ4v) is 0.713. The average Bonchev–Trinajstić information content (AvgIpc) is 1.91. The molecule has 0 unspecified atom stereocenters. The van der Waals surface area contributed by atoms with Gasteiger partial charge < -0.3 is 4.74 Å². The van der Waals surface area contributed by atoms with Gasteiger partial charge in [0.2, 0.25) is 0 Å². The third kappa shape index (κ3) is 1.86. The molecule has 0 aromatic heterocycles. The summed E-state index contributed by atoms with van der Waals surface area (Å²) in [7, 11) is 3.41. The van der Waals surface area contributed by atoms with Crippen LogP contribution < -0.4 is 0 Å². The molecular weight excluding hydrogens is 112 g/mol. The van der Waals surface area contributed by atoms with Crippen LogP contribution in [0.3, 0.4) is 0 Å². The lowest BCUT2D eigenvalue weighted by atomic mass is 10.2. The molecule has 1 nitrogen and oxygen atoms in total. The third-order valence-electron chi connectivity index (χ3n) is 1.14. The summed E-state index contributed by atoms with van der Waals surface area (Å²) in [6.07, 6.45) is 0. The second kappa shape index (κ2) is 3.25. The highest BCUT2D eigenvalue weighted by atomic mass is 16.5. The van der Waals surface area contributed by atoms with Gasteiger partial charge in [-0.1, -0.05) is 37.4 Å². The average molecular weight is 122 g/mol. The molecule has 1 N–H and O–H groups in total. The monoisotopic (exact) mass is 122 g/mol. The molecular formula is C8H10O. The van der Waals surface area contributed by atoms with Gasteiger partial charge in [0.25, 0.3) is 0 Å². The lowest BCUT2D eigenvalue weighted by molar-refractivity contribution is 0.0401. The van der Waals surface area contributed by atoms with Crippen LogP contribution in [0.1, 0.15) is 5.56 Å². The summed E-state index contributed by atoms with van der Waals surface area (Å²) in [4.78, 5) is 0. The number of hydrogen-bond acceptors (Lipinski definition) is 0. The van der Waals surface area contributed by atoms with Crippen molar-refractivity contribution in [3.05, 3.63) is 43.0 Å². The molecule has 1 heteroatoms. The second-order valence-corrected chi connectivity index (χ2v) is 1.87. The molecule has 0 aliphatic rings. The van der Waals surface area contributed by atoms with Gasteiger partial charge in [-0.3, -0.25) is 0 Å². The Labute approximate surface area is 55.3 Å². The Kier molecular flexibility index (Phi) is 2.28. The molecule has 0 heterocycles. The molecule has 0 atom stereocenters. The summed E-state index contributed by atoms with van der Waals surface area (Å²) in [6, 6.07) is 10.1. The van der Waals surface area contributed by atoms with Gasteiger partial charge in [0.1, 0.15) is 6.61 Å². The van der Waals surface area contributed by atoms with E-state index in [1.807, 2.05) is 30.3 Å². The molecule has 48 valence electrons. The van der Waals surface area contributed by atoms with Crippen LogP contribution in [-0.2, 0) is 6.61 Å². The van der Waals surface area contributed by atoms with Gasteiger partial charge in [-0.25, -0.2) is 0 Å². The maximum atomic E-state index is 3.76. The van der Waals surface area contributed by atoms with Crippen molar-refractivity contribution < 1.29 is 4.74 Å². The van der Waals surface area contributed by atoms with Gasteiger partial charge in [0.15, 0.2) is 0 Å². The highest BCUT2D eigenvalue weighted by Gasteiger charge is 1.86. The smallest absolute Gasteiger partial charge is 0.145 e. The summed E-state index contributed by atoms with van der Waals surface area (Å²) >= 11 is 0. The van der Waals surface area contributed by atoms with Gasteiger partial charge in [-0.2, -0.15) is 0 Å². The van der Waals surface area contributed by atoms with Crippen LogP contribution in [0.5, 0.6) is 0 Å². The van der Waals surface area contributed by atoms with E-state index in [1.165, 1.54) is 5.56 Å². The number of aliphatic hydroxyl groups is 2. The molecule has 0 aliphatic heterocycles. The van der Waals surface area contributed by atoms with E-state index < -0.39 is 0 Å². The van der Waals surface area contributed by atoms with E-state index in [0.717, 1.165) is 6.61 Å². The molecule has 0 amide bonds. The highest BCUT2D eigenvalue weighted by Crippen LogP contribution is 1.97. The summed E-state index contributed by atoms with van der Waals surface area (Å²) < 4.78 is 3.76. The Morgan fingerprint density at radius 3 is 2.44 bits per heavy atom. The maximum absolute atomic E-state index is 3.76. The van der Waals surface area contributed by atoms with Crippen molar-refractivity contribution in [3.8, 4) is 0 Å². The van der Waals surface area contributed by atoms with Crippen molar-refractivity contribution >= 4 is 0 Å². The second-order valence-electron chi connectivity index (χ2n) is 1.87. The summed E-state index contributed by atoms with van der Waals surface area (Å²) in [5, 5.41) is 0. The lowest BCUT2D eigenvalue weighted by Crippen LogP contribution is -1.87. The number of rotatable bonds is 2. The SMILES string of the molecule is [CH2-][OH+]Cc1ccccc1. The first kappa shape index (κ1) is 6.30. The van der Waals surface area contributed by atoms with E-state index in [1.54, 1.807) is 0 Å². The van der Waals surface area contributed by atoms with Crippen LogP contribution >= 0.6 is 0 Å². The minimum absolute atomic E-state index is 0.723. The van der Waals surface area contributed by atoms with Gasteiger partial charge in [0.05, 0.1) is 0 Å². The van der Waals surface area contributed by atoms with Crippen LogP contribution in [0, 0.1) is 7.11 Å². The Balaban J connectivity index is 2.61. The lowest BCUT2D eigenvalue weighted by Gasteiger charge is -1.97. The van der Waals surface area contributed by atoms with Crippen LogP contribution in [-0.4, -0.2) is 4.74 Å². The molecule has 0 spiro atoms. The maximum Gasteiger partial charge on any atom is 0.145 e. The Bertz CT molecular complexity index is 157. The molecule has 0 aliphatic carbocycles. The number of ether oxygens (including phenoxy) is 1. The topological polar surface area (TPSA) is 12.8 Å². The van der Waals surface area contributed by atoms with Gasteiger partial charge >= 0.3 is 0 Å². The van der Waals surface area contributed by atoms with Crippen LogP contribution in [0.25, 0.3) is 0 Å². The van der Waals surface area contributed by atoms with Crippen molar-refractivity contribution in [2.45, 2.75) is 6.61 Å². The van der Waals surface area contributed by atoms with E-state index in [0.29, 0.717) is 0 Å². The van der Waals surface area contributed by atoms with E-state index in [2.05, 4.69) is 11.8 Å². The first-order valence-corrected chi connectivity index (χ1v) is 2.90. The molecule has 0 fully saturated rings. The Hall–Kier alpha value is -0.820. The van der Waals surface area contributed by atoms with Crippen molar-refractivity contribution in [2.75, 3.05) is 0 Å². The molecule has 1 rings (SSSR count). The van der Waals surface area contributed by atoms with Crippen LogP contribution in [0.4, 0.5) is 0 Å². The van der Waals surface area contributed by atoms with Gasteiger partial charge in [-0.05, 0) is 0 Å².